The fourth-order valence-corrected chi connectivity index (χ4v) is 4.00. The highest BCUT2D eigenvalue weighted by molar-refractivity contribution is 6.10. The molecule has 0 bridgehead atoms. The molecule has 0 N–H and O–H groups in total. The molecule has 30 heavy (non-hydrogen) atoms. The van der Waals surface area contributed by atoms with Gasteiger partial charge in [-0.3, -0.25) is 9.18 Å². The summed E-state index contributed by atoms with van der Waals surface area (Å²) in [7, 11) is 1.86. The Balaban J connectivity index is 2.04. The van der Waals surface area contributed by atoms with Crippen molar-refractivity contribution in [3.8, 4) is 0 Å². The molecule has 158 valence electrons. The molecule has 0 aliphatic carbocycles. The molecule has 3 aromatic rings. The lowest BCUT2D eigenvalue weighted by atomic mass is 9.92. The molecular weight excluding hydrogens is 375 g/mol. The second-order valence-corrected chi connectivity index (χ2v) is 8.17. The number of amides is 1. The van der Waals surface area contributed by atoms with Crippen molar-refractivity contribution >= 4 is 22.9 Å². The van der Waals surface area contributed by atoms with Gasteiger partial charge in [0.05, 0.1) is 23.5 Å². The summed E-state index contributed by atoms with van der Waals surface area (Å²) < 4.78 is 14.6. The number of benzene rings is 2. The minimum atomic E-state index is -0.471. The summed E-state index contributed by atoms with van der Waals surface area (Å²) in [6.45, 7) is 8.57. The largest absolute Gasteiger partial charge is 0.340 e. The Kier molecular flexibility index (Phi) is 6.76. The van der Waals surface area contributed by atoms with Crippen LogP contribution >= 0.6 is 0 Å². The molecule has 0 atom stereocenters. The van der Waals surface area contributed by atoms with E-state index in [-0.39, 0.29) is 12.6 Å². The average Bonchev–Trinajstić information content (AvgIpc) is 3.09. The Morgan fingerprint density at radius 2 is 1.73 bits per heavy atom. The number of hydrogen-bond donors (Lipinski definition) is 0. The molecule has 3 nitrogen and oxygen atoms in total. The lowest BCUT2D eigenvalue weighted by molar-refractivity contribution is 0.0624. The number of halogens is 1. The maximum absolute atomic E-state index is 13.8. The molecule has 4 heteroatoms. The van der Waals surface area contributed by atoms with Gasteiger partial charge in [-0.25, -0.2) is 0 Å². The summed E-state index contributed by atoms with van der Waals surface area (Å²) in [6, 6.07) is 18.0. The third kappa shape index (κ3) is 4.04. The van der Waals surface area contributed by atoms with E-state index in [1.807, 2.05) is 66.5 Å². The Labute approximate surface area is 178 Å². The van der Waals surface area contributed by atoms with Crippen molar-refractivity contribution in [1.29, 1.82) is 0 Å². The maximum atomic E-state index is 13.8. The molecule has 1 aromatic heterocycles. The molecule has 0 unspecified atom stereocenters. The van der Waals surface area contributed by atoms with Crippen LogP contribution in [0.1, 0.15) is 54.7 Å². The predicted octanol–water partition coefficient (Wildman–Crippen LogP) is 6.43. The second-order valence-electron chi connectivity index (χ2n) is 8.17. The van der Waals surface area contributed by atoms with Crippen molar-refractivity contribution in [1.82, 2.24) is 9.47 Å². The number of aryl methyl sites for hydroxylation is 1. The van der Waals surface area contributed by atoms with Crippen molar-refractivity contribution in [2.45, 2.75) is 45.2 Å². The minimum Gasteiger partial charge on any atom is -0.340 e. The van der Waals surface area contributed by atoms with E-state index >= 15 is 0 Å². The molecule has 1 heterocycles. The number of rotatable bonds is 9. The van der Waals surface area contributed by atoms with Gasteiger partial charge in [0, 0.05) is 24.5 Å². The summed E-state index contributed by atoms with van der Waals surface area (Å²) in [6.07, 6.45) is 4.03. The molecule has 1 amide bonds. The van der Waals surface area contributed by atoms with Gasteiger partial charge in [0.2, 0.25) is 0 Å². The predicted molar refractivity (Wildman–Crippen MR) is 123 cm³/mol. The second kappa shape index (κ2) is 9.29. The van der Waals surface area contributed by atoms with E-state index in [1.54, 1.807) is 6.08 Å². The fraction of sp³-hybridized carbons (Fsp3) is 0.346. The van der Waals surface area contributed by atoms with Crippen LogP contribution < -0.4 is 0 Å². The smallest absolute Gasteiger partial charge is 0.257 e. The van der Waals surface area contributed by atoms with Gasteiger partial charge in [0.15, 0.2) is 0 Å². The number of hydrogen-bond acceptors (Lipinski definition) is 1. The van der Waals surface area contributed by atoms with E-state index in [4.69, 9.17) is 0 Å². The molecule has 0 saturated carbocycles. The van der Waals surface area contributed by atoms with Crippen molar-refractivity contribution in [3.63, 3.8) is 0 Å². The van der Waals surface area contributed by atoms with Crippen LogP contribution in [0.3, 0.4) is 0 Å². The fourth-order valence-electron chi connectivity index (χ4n) is 4.00. The lowest BCUT2D eigenvalue weighted by Gasteiger charge is -2.36. The van der Waals surface area contributed by atoms with Crippen LogP contribution in [0.5, 0.6) is 0 Å². The van der Waals surface area contributed by atoms with Gasteiger partial charge < -0.3 is 9.47 Å². The first-order chi connectivity index (χ1) is 14.4. The first-order valence-electron chi connectivity index (χ1n) is 10.6. The lowest BCUT2D eigenvalue weighted by Crippen LogP contribution is -2.43. The standard InChI is InChI=1S/C26H31FN2O/c1-5-22-24(25(30)28(4)26(2,3)20-14-8-6-9-15-20)21-16-10-11-17-23(21)29(22)19-13-7-12-18-27/h5-6,8-11,14-17H,1,7,12-13,18-19H2,2-4H3. The van der Waals surface area contributed by atoms with Crippen LogP contribution in [-0.2, 0) is 12.1 Å². The average molecular weight is 407 g/mol. The molecule has 3 rings (SSSR count). The summed E-state index contributed by atoms with van der Waals surface area (Å²) in [5.41, 5.74) is 3.13. The number of carbonyl (C=O) groups is 1. The summed E-state index contributed by atoms with van der Waals surface area (Å²) in [5, 5.41) is 0.929. The molecule has 0 aliphatic rings. The number of fused-ring (bicyclic) bond motifs is 1. The Morgan fingerprint density at radius 1 is 1.07 bits per heavy atom. The zero-order valence-electron chi connectivity index (χ0n) is 18.2. The van der Waals surface area contributed by atoms with Crippen LogP contribution in [0, 0.1) is 0 Å². The zero-order chi connectivity index (χ0) is 21.7. The quantitative estimate of drug-likeness (QED) is 0.376. The van der Waals surface area contributed by atoms with Gasteiger partial charge in [-0.2, -0.15) is 0 Å². The van der Waals surface area contributed by atoms with Gasteiger partial charge in [-0.15, -0.1) is 0 Å². The third-order valence-electron chi connectivity index (χ3n) is 6.06. The van der Waals surface area contributed by atoms with E-state index in [0.29, 0.717) is 12.0 Å². The monoisotopic (exact) mass is 406 g/mol. The van der Waals surface area contributed by atoms with E-state index in [1.165, 1.54) is 0 Å². The Bertz CT molecular complexity index is 1020. The number of aromatic nitrogens is 1. The molecule has 0 fully saturated rings. The minimum absolute atomic E-state index is 0.0301. The Hall–Kier alpha value is -2.88. The van der Waals surface area contributed by atoms with Crippen LogP contribution in [0.2, 0.25) is 0 Å². The third-order valence-corrected chi connectivity index (χ3v) is 6.06. The molecule has 0 spiro atoms. The van der Waals surface area contributed by atoms with E-state index < -0.39 is 5.54 Å². The highest BCUT2D eigenvalue weighted by atomic mass is 19.1. The van der Waals surface area contributed by atoms with Crippen LogP contribution in [0.4, 0.5) is 4.39 Å². The molecule has 0 saturated heterocycles. The van der Waals surface area contributed by atoms with Gasteiger partial charge in [-0.05, 0) is 50.8 Å². The maximum Gasteiger partial charge on any atom is 0.257 e. The van der Waals surface area contributed by atoms with Crippen LogP contribution in [0.25, 0.3) is 17.0 Å². The summed E-state index contributed by atoms with van der Waals surface area (Å²) in [5.74, 6) is -0.0301. The van der Waals surface area contributed by atoms with Crippen LogP contribution in [-0.4, -0.2) is 29.1 Å². The first kappa shape index (κ1) is 21.8. The van der Waals surface area contributed by atoms with Gasteiger partial charge in [0.1, 0.15) is 0 Å². The Morgan fingerprint density at radius 3 is 2.40 bits per heavy atom. The van der Waals surface area contributed by atoms with Crippen molar-refractivity contribution in [3.05, 3.63) is 78.0 Å². The SMILES string of the molecule is C=Cc1c(C(=O)N(C)C(C)(C)c2ccccc2)c2ccccc2n1CCCCCF. The number of carbonyl (C=O) groups excluding carboxylic acids is 1. The van der Waals surface area contributed by atoms with Crippen molar-refractivity contribution in [2.24, 2.45) is 0 Å². The molecule has 0 radical (unpaired) electrons. The molecule has 2 aromatic carbocycles. The van der Waals surface area contributed by atoms with Crippen molar-refractivity contribution in [2.75, 3.05) is 13.7 Å². The van der Waals surface area contributed by atoms with Crippen LogP contribution in [0.15, 0.2) is 61.2 Å². The topological polar surface area (TPSA) is 25.2 Å². The number of nitrogens with zero attached hydrogens (tertiary/aromatic N) is 2. The van der Waals surface area contributed by atoms with Gasteiger partial charge in [0.25, 0.3) is 5.91 Å². The zero-order valence-corrected chi connectivity index (χ0v) is 18.2. The van der Waals surface area contributed by atoms with E-state index in [9.17, 15) is 9.18 Å². The van der Waals surface area contributed by atoms with Gasteiger partial charge in [-0.1, -0.05) is 55.1 Å². The van der Waals surface area contributed by atoms with Gasteiger partial charge >= 0.3 is 0 Å². The number of alkyl halides is 1. The van der Waals surface area contributed by atoms with E-state index in [2.05, 4.69) is 25.0 Å². The number of para-hydroxylation sites is 1. The highest BCUT2D eigenvalue weighted by Gasteiger charge is 2.33. The molecule has 0 aliphatic heterocycles. The first-order valence-corrected chi connectivity index (χ1v) is 10.6. The van der Waals surface area contributed by atoms with Crippen molar-refractivity contribution < 1.29 is 9.18 Å². The molecular formula is C26H31FN2O. The number of unbranched alkanes of at least 4 members (excludes halogenated alkanes) is 2. The highest BCUT2D eigenvalue weighted by Crippen LogP contribution is 2.33. The summed E-state index contributed by atoms with van der Waals surface area (Å²) >= 11 is 0. The normalized spacial score (nSPS) is 11.6. The summed E-state index contributed by atoms with van der Waals surface area (Å²) in [4.78, 5) is 15.6. The van der Waals surface area contributed by atoms with E-state index in [0.717, 1.165) is 41.5 Å².